The van der Waals surface area contributed by atoms with Gasteiger partial charge in [0, 0.05) is 18.5 Å². The largest absolute Gasteiger partial charge is 0.298 e. The summed E-state index contributed by atoms with van der Waals surface area (Å²) in [7, 11) is 2.05. The van der Waals surface area contributed by atoms with Gasteiger partial charge in [-0.25, -0.2) is 0 Å². The molecule has 0 N–H and O–H groups in total. The highest BCUT2D eigenvalue weighted by atomic mass is 35.5. The molecule has 1 aromatic carbocycles. The van der Waals surface area contributed by atoms with Gasteiger partial charge in [-0.15, -0.1) is 0 Å². The van der Waals surface area contributed by atoms with Crippen LogP contribution in [0.4, 0.5) is 0 Å². The first-order chi connectivity index (χ1) is 10.2. The lowest BCUT2D eigenvalue weighted by atomic mass is 9.98. The van der Waals surface area contributed by atoms with Crippen molar-refractivity contribution in [2.45, 2.75) is 20.8 Å². The third-order valence-corrected chi connectivity index (χ3v) is 3.59. The van der Waals surface area contributed by atoms with Gasteiger partial charge in [-0.3, -0.25) is 4.90 Å². The van der Waals surface area contributed by atoms with Crippen LogP contribution in [0.1, 0.15) is 26.3 Å². The van der Waals surface area contributed by atoms with Crippen LogP contribution in [0.15, 0.2) is 36.9 Å². The highest BCUT2D eigenvalue weighted by molar-refractivity contribution is 6.42. The number of hydrogen-bond donors (Lipinski definition) is 0. The predicted molar refractivity (Wildman–Crippen MR) is 99.4 cm³/mol. The van der Waals surface area contributed by atoms with Gasteiger partial charge in [0.1, 0.15) is 0 Å². The van der Waals surface area contributed by atoms with Gasteiger partial charge < -0.3 is 0 Å². The Morgan fingerprint density at radius 1 is 1.27 bits per heavy atom. The molecule has 0 aromatic heterocycles. The van der Waals surface area contributed by atoms with Gasteiger partial charge in [-0.2, -0.15) is 0 Å². The first-order valence-electron chi connectivity index (χ1n) is 7.18. The molecule has 0 aliphatic heterocycles. The normalized spacial score (nSPS) is 11.6. The van der Waals surface area contributed by atoms with Crippen molar-refractivity contribution in [3.8, 4) is 11.8 Å². The van der Waals surface area contributed by atoms with E-state index in [0.717, 1.165) is 24.2 Å². The van der Waals surface area contributed by atoms with Crippen molar-refractivity contribution in [3.05, 3.63) is 52.5 Å². The summed E-state index contributed by atoms with van der Waals surface area (Å²) in [6.07, 6.45) is 3.96. The molecule has 0 heterocycles. The summed E-state index contributed by atoms with van der Waals surface area (Å²) in [6, 6.07) is 5.59. The van der Waals surface area contributed by atoms with Crippen molar-refractivity contribution in [2.24, 2.45) is 5.41 Å². The topological polar surface area (TPSA) is 3.24 Å². The third-order valence-electron chi connectivity index (χ3n) is 2.85. The Labute approximate surface area is 144 Å². The van der Waals surface area contributed by atoms with E-state index < -0.39 is 0 Å². The SMILES string of the molecule is C=C(CN(C)C/C=C/C#CC(C)(C)C)c1ccc(Cl)c(Cl)c1. The Bertz CT molecular complexity index is 613. The maximum atomic E-state index is 6.04. The molecule has 118 valence electrons. The molecule has 0 radical (unpaired) electrons. The minimum absolute atomic E-state index is 0.0401. The molecule has 1 rings (SSSR count). The van der Waals surface area contributed by atoms with Crippen molar-refractivity contribution in [1.29, 1.82) is 0 Å². The minimum Gasteiger partial charge on any atom is -0.298 e. The second-order valence-electron chi connectivity index (χ2n) is 6.35. The number of hydrogen-bond acceptors (Lipinski definition) is 1. The van der Waals surface area contributed by atoms with E-state index in [1.54, 1.807) is 6.07 Å². The zero-order chi connectivity index (χ0) is 16.8. The summed E-state index contributed by atoms with van der Waals surface area (Å²) >= 11 is 12.0. The van der Waals surface area contributed by atoms with Crippen LogP contribution in [0.2, 0.25) is 10.0 Å². The van der Waals surface area contributed by atoms with Crippen LogP contribution in [0.5, 0.6) is 0 Å². The second kappa shape index (κ2) is 8.44. The summed E-state index contributed by atoms with van der Waals surface area (Å²) in [5, 5.41) is 1.12. The Morgan fingerprint density at radius 3 is 2.55 bits per heavy atom. The smallest absolute Gasteiger partial charge is 0.0598 e. The molecule has 0 saturated heterocycles. The first-order valence-corrected chi connectivity index (χ1v) is 7.94. The maximum Gasteiger partial charge on any atom is 0.0598 e. The van der Waals surface area contributed by atoms with Crippen molar-refractivity contribution in [1.82, 2.24) is 4.90 Å². The Hall–Kier alpha value is -1.20. The van der Waals surface area contributed by atoms with Crippen molar-refractivity contribution in [3.63, 3.8) is 0 Å². The number of benzene rings is 1. The highest BCUT2D eigenvalue weighted by Crippen LogP contribution is 2.25. The van der Waals surface area contributed by atoms with Crippen molar-refractivity contribution < 1.29 is 0 Å². The molecule has 0 saturated carbocycles. The molecule has 0 amide bonds. The molecule has 3 heteroatoms. The fourth-order valence-corrected chi connectivity index (χ4v) is 2.05. The van der Waals surface area contributed by atoms with Gasteiger partial charge in [-0.05, 0) is 57.2 Å². The number of halogens is 2. The summed E-state index contributed by atoms with van der Waals surface area (Å²) in [5.41, 5.74) is 2.06. The zero-order valence-corrected chi connectivity index (χ0v) is 15.2. The summed E-state index contributed by atoms with van der Waals surface area (Å²) < 4.78 is 0. The molecule has 1 nitrogen and oxygen atoms in total. The molecule has 0 unspecified atom stereocenters. The molecule has 0 bridgehead atoms. The van der Waals surface area contributed by atoms with Crippen LogP contribution in [-0.4, -0.2) is 25.0 Å². The van der Waals surface area contributed by atoms with Crippen LogP contribution in [0.25, 0.3) is 5.57 Å². The summed E-state index contributed by atoms with van der Waals surface area (Å²) in [5.74, 6) is 6.24. The van der Waals surface area contributed by atoms with Crippen molar-refractivity contribution >= 4 is 28.8 Å². The minimum atomic E-state index is 0.0401. The van der Waals surface area contributed by atoms with E-state index in [1.807, 2.05) is 25.3 Å². The molecular formula is C19H23Cl2N. The second-order valence-corrected chi connectivity index (χ2v) is 7.17. The maximum absolute atomic E-state index is 6.04. The van der Waals surface area contributed by atoms with E-state index in [4.69, 9.17) is 23.2 Å². The van der Waals surface area contributed by atoms with Crippen LogP contribution in [0, 0.1) is 17.3 Å². The van der Waals surface area contributed by atoms with E-state index in [1.165, 1.54) is 0 Å². The average molecular weight is 336 g/mol. The summed E-state index contributed by atoms with van der Waals surface area (Å²) in [6.45, 7) is 12.0. The number of rotatable bonds is 5. The first kappa shape index (κ1) is 18.8. The highest BCUT2D eigenvalue weighted by Gasteiger charge is 2.05. The molecule has 22 heavy (non-hydrogen) atoms. The van der Waals surface area contributed by atoms with Crippen molar-refractivity contribution in [2.75, 3.05) is 20.1 Å². The summed E-state index contributed by atoms with van der Waals surface area (Å²) in [4.78, 5) is 2.17. The molecule has 0 aliphatic rings. The Morgan fingerprint density at radius 2 is 1.95 bits per heavy atom. The predicted octanol–water partition coefficient (Wildman–Crippen LogP) is 5.54. The van der Waals surface area contributed by atoms with E-state index in [2.05, 4.69) is 50.2 Å². The molecule has 0 aliphatic carbocycles. The fourth-order valence-electron chi connectivity index (χ4n) is 1.75. The van der Waals surface area contributed by atoms with Gasteiger partial charge in [0.25, 0.3) is 0 Å². The van der Waals surface area contributed by atoms with Gasteiger partial charge in [0.05, 0.1) is 10.0 Å². The fraction of sp³-hybridized carbons (Fsp3) is 0.368. The monoisotopic (exact) mass is 335 g/mol. The number of nitrogens with zero attached hydrogens (tertiary/aromatic N) is 1. The van der Waals surface area contributed by atoms with Gasteiger partial charge in [-0.1, -0.05) is 53.8 Å². The Balaban J connectivity index is 2.52. The number of likely N-dealkylation sites (N-methyl/N-ethyl adjacent to an activating group) is 1. The number of allylic oxidation sites excluding steroid dienone is 1. The van der Waals surface area contributed by atoms with Crippen LogP contribution in [-0.2, 0) is 0 Å². The molecule has 1 aromatic rings. The molecular weight excluding hydrogens is 313 g/mol. The van der Waals surface area contributed by atoms with E-state index in [-0.39, 0.29) is 5.41 Å². The van der Waals surface area contributed by atoms with Gasteiger partial charge in [0.2, 0.25) is 0 Å². The van der Waals surface area contributed by atoms with Gasteiger partial charge in [0.15, 0.2) is 0 Å². The lowest BCUT2D eigenvalue weighted by Gasteiger charge is -2.16. The van der Waals surface area contributed by atoms with E-state index in [0.29, 0.717) is 10.0 Å². The Kier molecular flexibility index (Phi) is 7.23. The standard InChI is InChI=1S/C19H23Cl2N/c1-15(16-9-10-17(20)18(21)13-16)14-22(5)12-8-6-7-11-19(2,3)4/h6,8-10,13H,1,12,14H2,2-5H3/b8-6+. The average Bonchev–Trinajstić information content (AvgIpc) is 2.40. The molecule has 0 atom stereocenters. The van der Waals surface area contributed by atoms with Crippen LogP contribution >= 0.6 is 23.2 Å². The van der Waals surface area contributed by atoms with E-state index in [9.17, 15) is 0 Å². The lowest BCUT2D eigenvalue weighted by Crippen LogP contribution is -2.20. The van der Waals surface area contributed by atoms with Gasteiger partial charge >= 0.3 is 0 Å². The lowest BCUT2D eigenvalue weighted by molar-refractivity contribution is 0.419. The van der Waals surface area contributed by atoms with Crippen LogP contribution < -0.4 is 0 Å². The van der Waals surface area contributed by atoms with Crippen LogP contribution in [0.3, 0.4) is 0 Å². The molecule has 0 spiro atoms. The third kappa shape index (κ3) is 7.18. The van der Waals surface area contributed by atoms with E-state index >= 15 is 0 Å². The molecule has 0 fully saturated rings. The zero-order valence-electron chi connectivity index (χ0n) is 13.7. The quantitative estimate of drug-likeness (QED) is 0.638.